The van der Waals surface area contributed by atoms with Gasteiger partial charge in [0.15, 0.2) is 11.1 Å². The number of nitrogens with zero attached hydrogens (tertiary/aromatic N) is 1. The van der Waals surface area contributed by atoms with Crippen molar-refractivity contribution in [2.45, 2.75) is 83.5 Å². The molecule has 9 heteroatoms. The number of quaternary nitrogens is 1. The van der Waals surface area contributed by atoms with E-state index in [0.717, 1.165) is 37.7 Å². The zero-order valence-electron chi connectivity index (χ0n) is 19.9. The number of nitrogen functional groups attached to an aromatic ring is 2. The van der Waals surface area contributed by atoms with Crippen molar-refractivity contribution in [3.05, 3.63) is 21.7 Å². The Hall–Kier alpha value is -2.10. The van der Waals surface area contributed by atoms with Gasteiger partial charge in [0.25, 0.3) is 0 Å². The molecule has 2 aliphatic rings. The second-order valence-corrected chi connectivity index (χ2v) is 10.4. The number of benzene rings is 1. The molecule has 2 atom stereocenters. The van der Waals surface area contributed by atoms with Crippen LogP contribution in [0.1, 0.15) is 65.4 Å². The van der Waals surface area contributed by atoms with Crippen LogP contribution in [0.2, 0.25) is 0 Å². The highest BCUT2D eigenvalue weighted by molar-refractivity contribution is 5.79. The van der Waals surface area contributed by atoms with E-state index in [-0.39, 0.29) is 39.4 Å². The van der Waals surface area contributed by atoms with Crippen molar-refractivity contribution in [1.82, 2.24) is 0 Å². The predicted molar refractivity (Wildman–Crippen MR) is 124 cm³/mol. The smallest absolute Gasteiger partial charge is 0.187 e. The summed E-state index contributed by atoms with van der Waals surface area (Å²) >= 11 is 0. The van der Waals surface area contributed by atoms with Gasteiger partial charge < -0.3 is 36.0 Å². The first-order chi connectivity index (χ1) is 15.0. The molecule has 0 saturated heterocycles. The minimum Gasteiger partial charge on any atom is -0.634 e. The van der Waals surface area contributed by atoms with E-state index >= 15 is 0 Å². The first kappa shape index (κ1) is 24.5. The average molecular weight is 451 g/mol. The van der Waals surface area contributed by atoms with E-state index in [2.05, 4.69) is 37.9 Å². The minimum atomic E-state index is -0.285. The van der Waals surface area contributed by atoms with Gasteiger partial charge in [0.05, 0.1) is 24.8 Å². The maximum Gasteiger partial charge on any atom is 0.187 e. The molecular weight excluding hydrogens is 412 g/mol. The van der Waals surface area contributed by atoms with Gasteiger partial charge in [-0.3, -0.25) is 0 Å². The number of hydroxylamine groups is 2. The molecule has 1 fully saturated rings. The number of fused-ring (bicyclic) bond motifs is 1. The van der Waals surface area contributed by atoms with Crippen molar-refractivity contribution in [2.75, 3.05) is 25.1 Å². The summed E-state index contributed by atoms with van der Waals surface area (Å²) in [6.45, 7) is 8.89. The van der Waals surface area contributed by atoms with E-state index in [1.54, 1.807) is 13.1 Å². The molecule has 0 amide bonds. The molecule has 0 spiro atoms. The number of aryl methyl sites for hydroxylation is 1. The monoisotopic (exact) mass is 450 g/mol. The summed E-state index contributed by atoms with van der Waals surface area (Å²) in [7, 11) is 1.70. The zero-order chi connectivity index (χ0) is 23.7. The van der Waals surface area contributed by atoms with Gasteiger partial charge >= 0.3 is 0 Å². The fourth-order valence-electron chi connectivity index (χ4n) is 5.05. The van der Waals surface area contributed by atoms with E-state index in [9.17, 15) is 10.1 Å². The number of anilines is 2. The summed E-state index contributed by atoms with van der Waals surface area (Å²) in [6, 6.07) is 1.66. The SMILES string of the molecule is C[NH+]([O-])C(C)(C)C1CCC(C(C)(C)OCC2CCc3cc(ON=O)c(N)c(N)c3O2)CC1. The molecule has 3 rings (SSSR count). The summed E-state index contributed by atoms with van der Waals surface area (Å²) in [5, 5.41) is 14.7. The lowest BCUT2D eigenvalue weighted by Crippen LogP contribution is -3.13. The highest BCUT2D eigenvalue weighted by Crippen LogP contribution is 2.43. The maximum absolute atomic E-state index is 12.0. The van der Waals surface area contributed by atoms with Crippen molar-refractivity contribution in [2.24, 2.45) is 17.2 Å². The summed E-state index contributed by atoms with van der Waals surface area (Å²) in [4.78, 5) is 15.1. The van der Waals surface area contributed by atoms with Crippen molar-refractivity contribution < 1.29 is 19.4 Å². The van der Waals surface area contributed by atoms with Crippen LogP contribution in [-0.2, 0) is 11.2 Å². The Morgan fingerprint density at radius 3 is 2.34 bits per heavy atom. The second-order valence-electron chi connectivity index (χ2n) is 10.4. The number of nitrogens with one attached hydrogen (secondary N) is 1. The first-order valence-electron chi connectivity index (χ1n) is 11.5. The fourth-order valence-corrected chi connectivity index (χ4v) is 5.05. The molecule has 0 bridgehead atoms. The maximum atomic E-state index is 12.0. The molecule has 9 nitrogen and oxygen atoms in total. The van der Waals surface area contributed by atoms with E-state index < -0.39 is 0 Å². The number of ether oxygens (including phenoxy) is 2. The highest BCUT2D eigenvalue weighted by atomic mass is 16.7. The van der Waals surface area contributed by atoms with E-state index in [1.807, 2.05) is 0 Å². The molecule has 1 aliphatic heterocycles. The van der Waals surface area contributed by atoms with E-state index in [4.69, 9.17) is 20.9 Å². The first-order valence-corrected chi connectivity index (χ1v) is 11.5. The third-order valence-electron chi connectivity index (χ3n) is 7.83. The van der Waals surface area contributed by atoms with Crippen LogP contribution in [-0.4, -0.2) is 30.9 Å². The van der Waals surface area contributed by atoms with Crippen LogP contribution in [0.5, 0.6) is 11.5 Å². The van der Waals surface area contributed by atoms with E-state index in [0.29, 0.717) is 30.6 Å². The Morgan fingerprint density at radius 1 is 1.12 bits per heavy atom. The van der Waals surface area contributed by atoms with Gasteiger partial charge in [-0.1, -0.05) is 0 Å². The zero-order valence-corrected chi connectivity index (χ0v) is 19.9. The van der Waals surface area contributed by atoms with Crippen molar-refractivity contribution in [3.8, 4) is 11.5 Å². The van der Waals surface area contributed by atoms with Crippen molar-refractivity contribution in [3.63, 3.8) is 0 Å². The highest BCUT2D eigenvalue weighted by Gasteiger charge is 2.41. The lowest BCUT2D eigenvalue weighted by molar-refractivity contribution is -0.886. The minimum absolute atomic E-state index is 0.132. The molecule has 0 aromatic heterocycles. The summed E-state index contributed by atoms with van der Waals surface area (Å²) in [6.07, 6.45) is 5.56. The van der Waals surface area contributed by atoms with Gasteiger partial charge in [-0.25, -0.2) is 0 Å². The standard InChI is InChI=1S/C23H38N4O5/c1-22(2,27(5)29)15-7-9-16(10-8-15)23(3,4)30-13-17-11-6-14-12-18(32-26-28)19(24)20(25)21(14)31-17/h12,15-17,27H,6-11,13,24-25H2,1-5H3. The number of nitrogens with two attached hydrogens (primary N) is 2. The van der Waals surface area contributed by atoms with Crippen LogP contribution < -0.4 is 26.1 Å². The predicted octanol–water partition coefficient (Wildman–Crippen LogP) is 3.00. The van der Waals surface area contributed by atoms with Crippen LogP contribution in [0.15, 0.2) is 11.4 Å². The Morgan fingerprint density at radius 2 is 1.75 bits per heavy atom. The molecule has 0 radical (unpaired) electrons. The molecule has 1 heterocycles. The molecular formula is C23H38N4O5. The molecule has 1 aliphatic carbocycles. The molecule has 1 aromatic rings. The Balaban J connectivity index is 1.57. The van der Waals surface area contributed by atoms with Gasteiger partial charge in [-0.2, -0.15) is 0 Å². The molecule has 1 saturated carbocycles. The van der Waals surface area contributed by atoms with Crippen LogP contribution in [0.25, 0.3) is 0 Å². The molecule has 2 unspecified atom stereocenters. The van der Waals surface area contributed by atoms with E-state index in [1.165, 1.54) is 0 Å². The van der Waals surface area contributed by atoms with Gasteiger partial charge in [0, 0.05) is 11.5 Å². The molecule has 32 heavy (non-hydrogen) atoms. The summed E-state index contributed by atoms with van der Waals surface area (Å²) < 4.78 is 12.5. The second kappa shape index (κ2) is 9.41. The largest absolute Gasteiger partial charge is 0.634 e. The summed E-state index contributed by atoms with van der Waals surface area (Å²) in [5.41, 5.74) is 12.8. The number of hydrogen-bond donors (Lipinski definition) is 3. The lowest BCUT2D eigenvalue weighted by atomic mass is 9.69. The molecule has 180 valence electrons. The topological polar surface area (TPSA) is 137 Å². The van der Waals surface area contributed by atoms with Gasteiger partial charge in [0.2, 0.25) is 0 Å². The lowest BCUT2D eigenvalue weighted by Gasteiger charge is -2.46. The van der Waals surface area contributed by atoms with Crippen LogP contribution in [0.4, 0.5) is 11.4 Å². The van der Waals surface area contributed by atoms with Crippen LogP contribution >= 0.6 is 0 Å². The fraction of sp³-hybridized carbons (Fsp3) is 0.739. The van der Waals surface area contributed by atoms with Crippen molar-refractivity contribution >= 4 is 11.4 Å². The number of hydrogen-bond acceptors (Lipinski definition) is 8. The molecule has 5 N–H and O–H groups in total. The average Bonchev–Trinajstić information content (AvgIpc) is 2.76. The Kier molecular flexibility index (Phi) is 7.21. The van der Waals surface area contributed by atoms with Crippen molar-refractivity contribution in [1.29, 1.82) is 0 Å². The number of rotatable bonds is 8. The normalized spacial score (nSPS) is 24.9. The molecule has 1 aromatic carbocycles. The quantitative estimate of drug-likeness (QED) is 0.314. The third kappa shape index (κ3) is 4.94. The van der Waals surface area contributed by atoms with Gasteiger partial charge in [0.1, 0.15) is 23.2 Å². The third-order valence-corrected chi connectivity index (χ3v) is 7.83. The van der Waals surface area contributed by atoms with Crippen LogP contribution in [0, 0.1) is 22.0 Å². The summed E-state index contributed by atoms with van der Waals surface area (Å²) in [5.74, 6) is 1.56. The van der Waals surface area contributed by atoms with Gasteiger partial charge in [-0.15, -0.1) is 4.91 Å². The Labute approximate surface area is 190 Å². The van der Waals surface area contributed by atoms with Gasteiger partial charge in [-0.05, 0) is 78.2 Å². The Bertz CT molecular complexity index is 819. The van der Waals surface area contributed by atoms with Crippen LogP contribution in [0.3, 0.4) is 0 Å².